The number of benzene rings is 3. The van der Waals surface area contributed by atoms with E-state index in [1.54, 1.807) is 6.07 Å². The summed E-state index contributed by atoms with van der Waals surface area (Å²) in [4.78, 5) is 71.3. The average molecular weight is 644 g/mol. The lowest BCUT2D eigenvalue weighted by atomic mass is 9.99. The second-order valence-electron chi connectivity index (χ2n) is 11.6. The summed E-state index contributed by atoms with van der Waals surface area (Å²) in [5, 5.41) is 26.9. The van der Waals surface area contributed by atoms with E-state index >= 15 is 0 Å². The van der Waals surface area contributed by atoms with E-state index in [1.807, 2.05) is 0 Å². The Morgan fingerprint density at radius 2 is 1.53 bits per heavy atom. The van der Waals surface area contributed by atoms with Crippen molar-refractivity contribution in [2.45, 2.75) is 51.0 Å². The van der Waals surface area contributed by atoms with Crippen molar-refractivity contribution in [2.24, 2.45) is 5.92 Å². The van der Waals surface area contributed by atoms with Crippen LogP contribution in [0.2, 0.25) is 0 Å². The number of H-pyrrole nitrogens is 1. The highest BCUT2D eigenvalue weighted by Crippen LogP contribution is 2.24. The number of carbonyl (C=O) groups excluding carboxylic acids is 3. The molecule has 4 aromatic rings. The SMILES string of the molecule is O=C(O)c1cc(NC(=O)C(Cc2ccccc2F)NC(=O)c2cc3[nH]cnc3cc2C(=O)NCC2CCCCCC2)cc(C(=O)O)c1. The summed E-state index contributed by atoms with van der Waals surface area (Å²) < 4.78 is 14.7. The zero-order valence-electron chi connectivity index (χ0n) is 25.3. The van der Waals surface area contributed by atoms with E-state index < -0.39 is 41.5 Å². The first-order valence-corrected chi connectivity index (χ1v) is 15.3. The van der Waals surface area contributed by atoms with Crippen molar-refractivity contribution in [3.05, 3.63) is 94.6 Å². The summed E-state index contributed by atoms with van der Waals surface area (Å²) in [7, 11) is 0. The Morgan fingerprint density at radius 1 is 0.872 bits per heavy atom. The van der Waals surface area contributed by atoms with Crippen LogP contribution in [0.25, 0.3) is 11.0 Å². The lowest BCUT2D eigenvalue weighted by Gasteiger charge is -2.21. The van der Waals surface area contributed by atoms with Gasteiger partial charge in [0.2, 0.25) is 5.91 Å². The van der Waals surface area contributed by atoms with Crippen LogP contribution in [-0.4, -0.2) is 62.4 Å². The summed E-state index contributed by atoms with van der Waals surface area (Å²) in [5.41, 5.74) is 0.0889. The van der Waals surface area contributed by atoms with Gasteiger partial charge in [-0.2, -0.15) is 0 Å². The number of nitrogens with zero attached hydrogens (tertiary/aromatic N) is 1. The summed E-state index contributed by atoms with van der Waals surface area (Å²) >= 11 is 0. The molecule has 0 aliphatic heterocycles. The van der Waals surface area contributed by atoms with Gasteiger partial charge in [-0.15, -0.1) is 0 Å². The van der Waals surface area contributed by atoms with Gasteiger partial charge in [-0.05, 0) is 60.7 Å². The molecule has 0 saturated heterocycles. The number of anilines is 1. The quantitative estimate of drug-likeness (QED) is 0.126. The van der Waals surface area contributed by atoms with Gasteiger partial charge >= 0.3 is 11.9 Å². The molecule has 6 N–H and O–H groups in total. The first-order valence-electron chi connectivity index (χ1n) is 15.3. The molecule has 244 valence electrons. The van der Waals surface area contributed by atoms with Crippen LogP contribution >= 0.6 is 0 Å². The molecule has 1 saturated carbocycles. The lowest BCUT2D eigenvalue weighted by molar-refractivity contribution is -0.118. The molecule has 1 heterocycles. The molecule has 1 fully saturated rings. The number of carbonyl (C=O) groups is 5. The number of nitrogens with one attached hydrogen (secondary N) is 4. The maximum atomic E-state index is 14.7. The van der Waals surface area contributed by atoms with Gasteiger partial charge in [-0.1, -0.05) is 43.9 Å². The van der Waals surface area contributed by atoms with Gasteiger partial charge in [0, 0.05) is 18.7 Å². The summed E-state index contributed by atoms with van der Waals surface area (Å²) in [6.07, 6.45) is 7.63. The molecular formula is C34H34FN5O7. The van der Waals surface area contributed by atoms with Crippen molar-refractivity contribution in [3.8, 4) is 0 Å². The van der Waals surface area contributed by atoms with Crippen molar-refractivity contribution >= 4 is 46.4 Å². The highest BCUT2D eigenvalue weighted by molar-refractivity contribution is 6.11. The smallest absolute Gasteiger partial charge is 0.335 e. The Labute approximate surface area is 268 Å². The number of rotatable bonds is 11. The monoisotopic (exact) mass is 643 g/mol. The Kier molecular flexibility index (Phi) is 10.2. The number of amides is 3. The Morgan fingerprint density at radius 3 is 2.19 bits per heavy atom. The number of aromatic amines is 1. The predicted octanol–water partition coefficient (Wildman–Crippen LogP) is 4.78. The van der Waals surface area contributed by atoms with Gasteiger partial charge < -0.3 is 31.1 Å². The number of imidazole rings is 1. The molecule has 12 nitrogen and oxygen atoms in total. The van der Waals surface area contributed by atoms with Crippen molar-refractivity contribution in [1.29, 1.82) is 0 Å². The average Bonchev–Trinajstić information content (AvgIpc) is 3.36. The fraction of sp³-hybridized carbons (Fsp3) is 0.294. The zero-order chi connectivity index (χ0) is 33.5. The summed E-state index contributed by atoms with van der Waals surface area (Å²) in [6.45, 7) is 0.449. The first-order chi connectivity index (χ1) is 22.6. The fourth-order valence-electron chi connectivity index (χ4n) is 5.76. The van der Waals surface area contributed by atoms with Crippen LogP contribution in [0.1, 0.15) is 85.5 Å². The standard InChI is InChI=1S/C34H34FN5O7/c35-26-10-6-5-9-20(26)14-29(32(43)39-23-12-21(33(44)45)11-22(13-23)34(46)47)40-31(42)25-16-28-27(37-18-38-28)15-24(25)30(41)36-17-19-7-3-1-2-4-8-19/h5-6,9-13,15-16,18-19,29H,1-4,7-8,14,17H2,(H,36,41)(H,37,38)(H,39,43)(H,40,42)(H,44,45)(H,46,47). The molecule has 47 heavy (non-hydrogen) atoms. The number of fused-ring (bicyclic) bond motifs is 1. The number of carboxylic acids is 2. The van der Waals surface area contributed by atoms with Crippen molar-refractivity contribution < 1.29 is 38.6 Å². The first kappa shape index (κ1) is 32.8. The van der Waals surface area contributed by atoms with Gasteiger partial charge in [0.05, 0.1) is 39.6 Å². The number of carboxylic acid groups (broad SMARTS) is 2. The molecule has 1 aliphatic rings. The molecule has 5 rings (SSSR count). The van der Waals surface area contributed by atoms with Gasteiger partial charge in [0.15, 0.2) is 0 Å². The van der Waals surface area contributed by atoms with Gasteiger partial charge in [0.25, 0.3) is 11.8 Å². The normalized spacial score (nSPS) is 14.1. The number of hydrogen-bond donors (Lipinski definition) is 6. The molecule has 3 amide bonds. The van der Waals surface area contributed by atoms with E-state index in [9.17, 15) is 38.6 Å². The van der Waals surface area contributed by atoms with Gasteiger partial charge in [-0.25, -0.2) is 19.0 Å². The molecule has 0 bridgehead atoms. The van der Waals surface area contributed by atoms with Crippen molar-refractivity contribution in [1.82, 2.24) is 20.6 Å². The third kappa shape index (κ3) is 8.17. The third-order valence-corrected chi connectivity index (χ3v) is 8.27. The minimum absolute atomic E-state index is 0.0426. The topological polar surface area (TPSA) is 191 Å². The van der Waals surface area contributed by atoms with E-state index in [4.69, 9.17) is 0 Å². The molecule has 1 atom stereocenters. The maximum absolute atomic E-state index is 14.7. The summed E-state index contributed by atoms with van der Waals surface area (Å²) in [5.74, 6) is -5.30. The lowest BCUT2D eigenvalue weighted by Crippen LogP contribution is -2.46. The van der Waals surface area contributed by atoms with Crippen LogP contribution in [0.3, 0.4) is 0 Å². The molecule has 0 spiro atoms. The zero-order valence-corrected chi connectivity index (χ0v) is 25.3. The van der Waals surface area contributed by atoms with Gasteiger partial charge in [-0.3, -0.25) is 14.4 Å². The molecule has 13 heteroatoms. The number of aromatic nitrogens is 2. The highest BCUT2D eigenvalue weighted by Gasteiger charge is 2.27. The van der Waals surface area contributed by atoms with Crippen LogP contribution in [0, 0.1) is 11.7 Å². The summed E-state index contributed by atoms with van der Waals surface area (Å²) in [6, 6.07) is 10.3. The van der Waals surface area contributed by atoms with E-state index in [0.717, 1.165) is 56.7 Å². The Balaban J connectivity index is 1.44. The molecule has 1 aromatic heterocycles. The minimum Gasteiger partial charge on any atom is -0.478 e. The van der Waals surface area contributed by atoms with Crippen molar-refractivity contribution in [2.75, 3.05) is 11.9 Å². The van der Waals surface area contributed by atoms with Crippen LogP contribution in [0.5, 0.6) is 0 Å². The fourth-order valence-corrected chi connectivity index (χ4v) is 5.76. The Bertz CT molecular complexity index is 1800. The van der Waals surface area contributed by atoms with Crippen LogP contribution < -0.4 is 16.0 Å². The van der Waals surface area contributed by atoms with Gasteiger partial charge in [0.1, 0.15) is 11.9 Å². The molecular weight excluding hydrogens is 609 g/mol. The largest absolute Gasteiger partial charge is 0.478 e. The Hall–Kier alpha value is -5.59. The van der Waals surface area contributed by atoms with Crippen LogP contribution in [0.4, 0.5) is 10.1 Å². The number of hydrogen-bond acceptors (Lipinski definition) is 6. The molecule has 3 aromatic carbocycles. The van der Waals surface area contributed by atoms with E-state index in [-0.39, 0.29) is 39.9 Å². The molecule has 0 radical (unpaired) electrons. The van der Waals surface area contributed by atoms with E-state index in [2.05, 4.69) is 25.9 Å². The molecule has 1 unspecified atom stereocenters. The highest BCUT2D eigenvalue weighted by atomic mass is 19.1. The van der Waals surface area contributed by atoms with Crippen molar-refractivity contribution in [3.63, 3.8) is 0 Å². The second kappa shape index (κ2) is 14.7. The number of aromatic carboxylic acids is 2. The van der Waals surface area contributed by atoms with Crippen LogP contribution in [-0.2, 0) is 11.2 Å². The van der Waals surface area contributed by atoms with E-state index in [0.29, 0.717) is 23.5 Å². The predicted molar refractivity (Wildman–Crippen MR) is 170 cm³/mol. The maximum Gasteiger partial charge on any atom is 0.335 e. The number of halogens is 1. The van der Waals surface area contributed by atoms with E-state index in [1.165, 1.54) is 36.7 Å². The van der Waals surface area contributed by atoms with Crippen LogP contribution in [0.15, 0.2) is 60.9 Å². The second-order valence-corrected chi connectivity index (χ2v) is 11.6. The third-order valence-electron chi connectivity index (χ3n) is 8.27. The minimum atomic E-state index is -1.43. The molecule has 1 aliphatic carbocycles.